The maximum absolute atomic E-state index is 12.3. The molecule has 2 aliphatic rings. The first-order valence-corrected chi connectivity index (χ1v) is 7.48. The largest absolute Gasteiger partial charge is 0.481 e. The number of allylic oxidation sites excluding steroid dienone is 2. The highest BCUT2D eigenvalue weighted by atomic mass is 32.1. The highest BCUT2D eigenvalue weighted by molar-refractivity contribution is 7.11. The third-order valence-electron chi connectivity index (χ3n) is 4.13. The van der Waals surface area contributed by atoms with Crippen LogP contribution >= 0.6 is 11.3 Å². The second kappa shape index (κ2) is 5.01. The predicted octanol–water partition coefficient (Wildman–Crippen LogP) is 1.59. The Hall–Kier alpha value is -1.69. The van der Waals surface area contributed by atoms with Crippen LogP contribution in [0.2, 0.25) is 0 Å². The Balaban J connectivity index is 1.67. The Labute approximate surface area is 120 Å². The molecule has 4 atom stereocenters. The Bertz CT molecular complexity index is 581. The first kappa shape index (κ1) is 13.3. The van der Waals surface area contributed by atoms with Crippen LogP contribution in [0.25, 0.3) is 0 Å². The van der Waals surface area contributed by atoms with Crippen LogP contribution in [0.3, 0.4) is 0 Å². The van der Waals surface area contributed by atoms with Gasteiger partial charge in [-0.3, -0.25) is 9.59 Å². The summed E-state index contributed by atoms with van der Waals surface area (Å²) in [5, 5.41) is 13.0. The minimum Gasteiger partial charge on any atom is -0.481 e. The minimum atomic E-state index is -0.868. The number of carbonyl (C=O) groups excluding carboxylic acids is 1. The molecule has 5 nitrogen and oxygen atoms in total. The molecule has 1 aromatic heterocycles. The smallest absolute Gasteiger partial charge is 0.307 e. The van der Waals surface area contributed by atoms with Crippen molar-refractivity contribution in [1.82, 2.24) is 10.3 Å². The van der Waals surface area contributed by atoms with Gasteiger partial charge in [-0.25, -0.2) is 4.98 Å². The monoisotopic (exact) mass is 292 g/mol. The lowest BCUT2D eigenvalue weighted by atomic mass is 9.82. The van der Waals surface area contributed by atoms with Crippen LogP contribution in [0.4, 0.5) is 0 Å². The molecule has 6 heteroatoms. The van der Waals surface area contributed by atoms with Crippen LogP contribution in [-0.2, 0) is 16.1 Å². The summed E-state index contributed by atoms with van der Waals surface area (Å²) in [5.74, 6) is -1.98. The molecule has 1 amide bonds. The molecule has 1 aromatic rings. The normalized spacial score (nSPS) is 30.6. The lowest BCUT2D eigenvalue weighted by Gasteiger charge is -2.23. The summed E-state index contributed by atoms with van der Waals surface area (Å²) >= 11 is 1.54. The molecule has 0 radical (unpaired) electrons. The number of thiazole rings is 1. The number of hydrogen-bond donors (Lipinski definition) is 2. The number of amides is 1. The molecule has 2 bridgehead atoms. The number of nitrogens with one attached hydrogen (secondary N) is 1. The number of rotatable bonds is 4. The molecule has 20 heavy (non-hydrogen) atoms. The third kappa shape index (κ3) is 2.24. The fourth-order valence-electron chi connectivity index (χ4n) is 3.28. The van der Waals surface area contributed by atoms with E-state index in [0.29, 0.717) is 6.54 Å². The van der Waals surface area contributed by atoms with Crippen LogP contribution in [0.15, 0.2) is 18.3 Å². The lowest BCUT2D eigenvalue weighted by molar-refractivity contribution is -0.147. The number of aliphatic carboxylic acids is 1. The number of aryl methyl sites for hydroxylation is 1. The zero-order valence-corrected chi connectivity index (χ0v) is 11.9. The quantitative estimate of drug-likeness (QED) is 0.826. The Morgan fingerprint density at radius 1 is 1.40 bits per heavy atom. The number of fused-ring (bicyclic) bond motifs is 2. The standard InChI is InChI=1S/C14H16N2O3S/c1-7-5-15-10(20-7)6-16-13(17)11-8-2-3-9(4-8)12(11)14(18)19/h2-3,5,8-9,11-12H,4,6H2,1H3,(H,16,17)(H,18,19). The van der Waals surface area contributed by atoms with Gasteiger partial charge in [-0.1, -0.05) is 12.2 Å². The Morgan fingerprint density at radius 3 is 2.70 bits per heavy atom. The van der Waals surface area contributed by atoms with Gasteiger partial charge in [-0.15, -0.1) is 11.3 Å². The van der Waals surface area contributed by atoms with Gasteiger partial charge in [0.25, 0.3) is 0 Å². The van der Waals surface area contributed by atoms with Crippen molar-refractivity contribution in [3.63, 3.8) is 0 Å². The molecule has 0 aromatic carbocycles. The molecule has 0 aliphatic heterocycles. The maximum atomic E-state index is 12.3. The summed E-state index contributed by atoms with van der Waals surface area (Å²) in [4.78, 5) is 28.9. The van der Waals surface area contributed by atoms with Crippen LogP contribution in [0, 0.1) is 30.6 Å². The zero-order valence-electron chi connectivity index (χ0n) is 11.1. The number of carbonyl (C=O) groups is 2. The summed E-state index contributed by atoms with van der Waals surface area (Å²) in [6, 6.07) is 0. The topological polar surface area (TPSA) is 79.3 Å². The first-order chi connectivity index (χ1) is 9.56. The number of carboxylic acid groups (broad SMARTS) is 1. The fourth-order valence-corrected chi connectivity index (χ4v) is 4.01. The van der Waals surface area contributed by atoms with Crippen LogP contribution in [0.5, 0.6) is 0 Å². The number of nitrogens with zero attached hydrogens (tertiary/aromatic N) is 1. The van der Waals surface area contributed by atoms with Gasteiger partial charge in [-0.05, 0) is 25.2 Å². The van der Waals surface area contributed by atoms with Crippen molar-refractivity contribution in [3.05, 3.63) is 28.2 Å². The van der Waals surface area contributed by atoms with Gasteiger partial charge in [0.2, 0.25) is 5.91 Å². The second-order valence-electron chi connectivity index (χ2n) is 5.42. The predicted molar refractivity (Wildman–Crippen MR) is 74.1 cm³/mol. The van der Waals surface area contributed by atoms with E-state index in [0.717, 1.165) is 16.3 Å². The average molecular weight is 292 g/mol. The second-order valence-corrected chi connectivity index (χ2v) is 6.74. The van der Waals surface area contributed by atoms with Crippen molar-refractivity contribution in [2.24, 2.45) is 23.7 Å². The molecule has 4 unspecified atom stereocenters. The molecule has 2 N–H and O–H groups in total. The van der Waals surface area contributed by atoms with Crippen molar-refractivity contribution in [2.75, 3.05) is 0 Å². The molecule has 0 spiro atoms. The number of carboxylic acids is 1. The van der Waals surface area contributed by atoms with E-state index >= 15 is 0 Å². The third-order valence-corrected chi connectivity index (χ3v) is 5.04. The molecule has 1 fully saturated rings. The summed E-state index contributed by atoms with van der Waals surface area (Å²) in [6.07, 6.45) is 6.48. The van der Waals surface area contributed by atoms with Crippen molar-refractivity contribution in [2.45, 2.75) is 19.9 Å². The van der Waals surface area contributed by atoms with E-state index in [-0.39, 0.29) is 17.7 Å². The van der Waals surface area contributed by atoms with Gasteiger partial charge < -0.3 is 10.4 Å². The highest BCUT2D eigenvalue weighted by Gasteiger charge is 2.51. The molecular weight excluding hydrogens is 276 g/mol. The minimum absolute atomic E-state index is 0.00959. The highest BCUT2D eigenvalue weighted by Crippen LogP contribution is 2.48. The van der Waals surface area contributed by atoms with Crippen LogP contribution < -0.4 is 5.32 Å². The van der Waals surface area contributed by atoms with E-state index in [4.69, 9.17) is 0 Å². The Kier molecular flexibility index (Phi) is 3.33. The number of aromatic nitrogens is 1. The molecule has 0 saturated heterocycles. The van der Waals surface area contributed by atoms with E-state index < -0.39 is 17.8 Å². The molecule has 3 rings (SSSR count). The van der Waals surface area contributed by atoms with Crippen molar-refractivity contribution in [1.29, 1.82) is 0 Å². The lowest BCUT2D eigenvalue weighted by Crippen LogP contribution is -2.39. The van der Waals surface area contributed by atoms with Crippen molar-refractivity contribution in [3.8, 4) is 0 Å². The van der Waals surface area contributed by atoms with Crippen LogP contribution in [0.1, 0.15) is 16.3 Å². The van der Waals surface area contributed by atoms with Crippen molar-refractivity contribution >= 4 is 23.2 Å². The van der Waals surface area contributed by atoms with Gasteiger partial charge in [-0.2, -0.15) is 0 Å². The Morgan fingerprint density at radius 2 is 2.10 bits per heavy atom. The van der Waals surface area contributed by atoms with Gasteiger partial charge in [0, 0.05) is 11.1 Å². The zero-order chi connectivity index (χ0) is 14.3. The molecule has 106 valence electrons. The maximum Gasteiger partial charge on any atom is 0.307 e. The molecule has 1 saturated carbocycles. The summed E-state index contributed by atoms with van der Waals surface area (Å²) in [7, 11) is 0. The number of hydrogen-bond acceptors (Lipinski definition) is 4. The molecule has 2 aliphatic carbocycles. The SMILES string of the molecule is Cc1cnc(CNC(=O)C2C3C=CC(C3)C2C(=O)O)s1. The van der Waals surface area contributed by atoms with Gasteiger partial charge in [0.1, 0.15) is 5.01 Å². The summed E-state index contributed by atoms with van der Waals surface area (Å²) < 4.78 is 0. The van der Waals surface area contributed by atoms with E-state index in [9.17, 15) is 14.7 Å². The fraction of sp³-hybridized carbons (Fsp3) is 0.500. The first-order valence-electron chi connectivity index (χ1n) is 6.66. The van der Waals surface area contributed by atoms with E-state index in [1.165, 1.54) is 11.3 Å². The molecule has 1 heterocycles. The van der Waals surface area contributed by atoms with Gasteiger partial charge in [0.05, 0.1) is 18.4 Å². The summed E-state index contributed by atoms with van der Waals surface area (Å²) in [6.45, 7) is 2.34. The van der Waals surface area contributed by atoms with E-state index in [1.54, 1.807) is 6.20 Å². The van der Waals surface area contributed by atoms with Gasteiger partial charge in [0.15, 0.2) is 0 Å². The van der Waals surface area contributed by atoms with E-state index in [2.05, 4.69) is 10.3 Å². The van der Waals surface area contributed by atoms with Crippen molar-refractivity contribution < 1.29 is 14.7 Å². The van der Waals surface area contributed by atoms with E-state index in [1.807, 2.05) is 19.1 Å². The van der Waals surface area contributed by atoms with Crippen LogP contribution in [-0.4, -0.2) is 22.0 Å². The average Bonchev–Trinajstić information content (AvgIpc) is 3.10. The summed E-state index contributed by atoms with van der Waals surface area (Å²) in [5.41, 5.74) is 0. The molecular formula is C14H16N2O3S. The van der Waals surface area contributed by atoms with Gasteiger partial charge >= 0.3 is 5.97 Å².